The lowest BCUT2D eigenvalue weighted by Crippen LogP contribution is -2.27. The Hall–Kier alpha value is -2.57. The first-order chi connectivity index (χ1) is 12.4. The third kappa shape index (κ3) is 3.66. The van der Waals surface area contributed by atoms with E-state index in [-0.39, 0.29) is 17.1 Å². The Balaban J connectivity index is 1.90. The average molecular weight is 387 g/mol. The van der Waals surface area contributed by atoms with Crippen LogP contribution in [-0.2, 0) is 9.59 Å². The zero-order valence-electron chi connectivity index (χ0n) is 14.1. The molecule has 2 aromatic carbocycles. The summed E-state index contributed by atoms with van der Waals surface area (Å²) in [5.74, 6) is -0.551. The smallest absolute Gasteiger partial charge is 0.298 e. The summed E-state index contributed by atoms with van der Waals surface area (Å²) in [7, 11) is 0. The Labute approximate surface area is 160 Å². The summed E-state index contributed by atoms with van der Waals surface area (Å²) in [5.41, 5.74) is 2.62. The van der Waals surface area contributed by atoms with Gasteiger partial charge in [-0.2, -0.15) is 0 Å². The molecule has 26 heavy (non-hydrogen) atoms. The summed E-state index contributed by atoms with van der Waals surface area (Å²) in [6.45, 7) is 3.22. The van der Waals surface area contributed by atoms with Crippen LogP contribution in [0.5, 0.6) is 0 Å². The van der Waals surface area contributed by atoms with Crippen molar-refractivity contribution in [2.75, 3.05) is 10.2 Å². The van der Waals surface area contributed by atoms with Gasteiger partial charge in [0.1, 0.15) is 0 Å². The second-order valence-corrected chi connectivity index (χ2v) is 7.10. The van der Waals surface area contributed by atoms with Gasteiger partial charge in [-0.15, -0.1) is 0 Å². The molecule has 0 spiro atoms. The van der Waals surface area contributed by atoms with E-state index in [2.05, 4.69) is 5.32 Å². The molecule has 5 nitrogen and oxygen atoms in total. The van der Waals surface area contributed by atoms with Gasteiger partial charge in [-0.25, -0.2) is 4.90 Å². The zero-order chi connectivity index (χ0) is 18.8. The number of hydrogen-bond donors (Lipinski definition) is 1. The Morgan fingerprint density at radius 2 is 1.62 bits per heavy atom. The lowest BCUT2D eigenvalue weighted by molar-refractivity contribution is -0.114. The fraction of sp³-hybridized carbons (Fsp3) is 0.105. The minimum Gasteiger partial charge on any atom is -0.326 e. The molecule has 1 aliphatic heterocycles. The highest BCUT2D eigenvalue weighted by atomic mass is 35.5. The molecule has 132 valence electrons. The molecular weight excluding hydrogens is 372 g/mol. The van der Waals surface area contributed by atoms with Gasteiger partial charge in [-0.05, 0) is 66.2 Å². The second-order valence-electron chi connectivity index (χ2n) is 5.70. The molecule has 7 heteroatoms. The minimum atomic E-state index is -0.361. The number of nitrogens with zero attached hydrogens (tertiary/aromatic N) is 1. The van der Waals surface area contributed by atoms with E-state index in [0.717, 1.165) is 27.8 Å². The highest BCUT2D eigenvalue weighted by molar-refractivity contribution is 8.19. The van der Waals surface area contributed by atoms with Crippen molar-refractivity contribution in [3.63, 3.8) is 0 Å². The number of benzene rings is 2. The molecule has 3 amide bonds. The molecular formula is C19H15ClN2O3S. The predicted molar refractivity (Wildman–Crippen MR) is 105 cm³/mol. The SMILES string of the molecule is CC(=O)Nc1ccc(N2C(=O)S/C(=C(/C)c3ccc(Cl)cc3)C2=O)cc1. The van der Waals surface area contributed by atoms with Crippen molar-refractivity contribution < 1.29 is 14.4 Å². The fourth-order valence-corrected chi connectivity index (χ4v) is 3.58. The van der Waals surface area contributed by atoms with Gasteiger partial charge < -0.3 is 5.32 Å². The molecule has 2 aromatic rings. The molecule has 1 fully saturated rings. The Kier molecular flexibility index (Phi) is 5.15. The van der Waals surface area contributed by atoms with Gasteiger partial charge in [0, 0.05) is 17.6 Å². The predicted octanol–water partition coefficient (Wildman–Crippen LogP) is 4.93. The summed E-state index contributed by atoms with van der Waals surface area (Å²) < 4.78 is 0. The molecule has 0 saturated carbocycles. The molecule has 0 aromatic heterocycles. The van der Waals surface area contributed by atoms with Crippen LogP contribution in [0.2, 0.25) is 5.02 Å². The van der Waals surface area contributed by atoms with Crippen molar-refractivity contribution in [3.05, 3.63) is 64.0 Å². The number of thioether (sulfide) groups is 1. The van der Waals surface area contributed by atoms with Crippen molar-refractivity contribution in [2.45, 2.75) is 13.8 Å². The van der Waals surface area contributed by atoms with Crippen molar-refractivity contribution in [1.82, 2.24) is 0 Å². The van der Waals surface area contributed by atoms with E-state index in [1.165, 1.54) is 6.92 Å². The van der Waals surface area contributed by atoms with Crippen LogP contribution in [0.15, 0.2) is 53.4 Å². The Bertz CT molecular complexity index is 921. The van der Waals surface area contributed by atoms with Gasteiger partial charge in [0.2, 0.25) is 5.91 Å². The van der Waals surface area contributed by atoms with Gasteiger partial charge in [0.25, 0.3) is 11.1 Å². The number of anilines is 2. The third-order valence-electron chi connectivity index (χ3n) is 3.83. The van der Waals surface area contributed by atoms with Gasteiger partial charge in [0.05, 0.1) is 10.6 Å². The second kappa shape index (κ2) is 7.35. The van der Waals surface area contributed by atoms with E-state index in [9.17, 15) is 14.4 Å². The zero-order valence-corrected chi connectivity index (χ0v) is 15.6. The molecule has 1 aliphatic rings. The summed E-state index contributed by atoms with van der Waals surface area (Å²) in [6, 6.07) is 13.7. The van der Waals surface area contributed by atoms with Gasteiger partial charge in [-0.1, -0.05) is 23.7 Å². The van der Waals surface area contributed by atoms with Crippen LogP contribution in [0.25, 0.3) is 5.57 Å². The highest BCUT2D eigenvalue weighted by Crippen LogP contribution is 2.39. The first-order valence-electron chi connectivity index (χ1n) is 7.77. The topological polar surface area (TPSA) is 66.5 Å². The first-order valence-corrected chi connectivity index (χ1v) is 8.97. The molecule has 0 radical (unpaired) electrons. The van der Waals surface area contributed by atoms with Gasteiger partial charge >= 0.3 is 0 Å². The monoisotopic (exact) mass is 386 g/mol. The Morgan fingerprint density at radius 3 is 2.19 bits per heavy atom. The minimum absolute atomic E-state index is 0.189. The summed E-state index contributed by atoms with van der Waals surface area (Å²) >= 11 is 6.81. The van der Waals surface area contributed by atoms with Crippen molar-refractivity contribution in [2.24, 2.45) is 0 Å². The number of hydrogen-bond acceptors (Lipinski definition) is 4. The van der Waals surface area contributed by atoms with Crippen LogP contribution in [0.1, 0.15) is 19.4 Å². The van der Waals surface area contributed by atoms with E-state index in [0.29, 0.717) is 21.3 Å². The van der Waals surface area contributed by atoms with Gasteiger partial charge in [-0.3, -0.25) is 14.4 Å². The molecule has 0 atom stereocenters. The summed E-state index contributed by atoms with van der Waals surface area (Å²) in [6.07, 6.45) is 0. The molecule has 0 unspecified atom stereocenters. The number of amides is 3. The highest BCUT2D eigenvalue weighted by Gasteiger charge is 2.37. The maximum absolute atomic E-state index is 12.8. The standard InChI is InChI=1S/C19H15ClN2O3S/c1-11(13-3-5-14(20)6-4-13)17-18(24)22(19(25)26-17)16-9-7-15(8-10-16)21-12(2)23/h3-10H,1-2H3,(H,21,23)/b17-11-. The molecule has 0 bridgehead atoms. The number of allylic oxidation sites excluding steroid dienone is 1. The molecule has 1 N–H and O–H groups in total. The van der Waals surface area contributed by atoms with Crippen molar-refractivity contribution >= 4 is 57.4 Å². The molecule has 1 heterocycles. The van der Waals surface area contributed by atoms with E-state index in [1.807, 2.05) is 12.1 Å². The van der Waals surface area contributed by atoms with Crippen LogP contribution in [-0.4, -0.2) is 17.1 Å². The maximum Gasteiger partial charge on any atom is 0.298 e. The van der Waals surface area contributed by atoms with Gasteiger partial charge in [0.15, 0.2) is 0 Å². The van der Waals surface area contributed by atoms with Crippen molar-refractivity contribution in [3.8, 4) is 0 Å². The summed E-state index contributed by atoms with van der Waals surface area (Å²) in [5, 5.41) is 2.89. The average Bonchev–Trinajstić information content (AvgIpc) is 2.90. The number of nitrogens with one attached hydrogen (secondary N) is 1. The number of carbonyl (C=O) groups excluding carboxylic acids is 3. The third-order valence-corrected chi connectivity index (χ3v) is 5.13. The first kappa shape index (κ1) is 18.2. The number of rotatable bonds is 3. The van der Waals surface area contributed by atoms with Crippen LogP contribution < -0.4 is 10.2 Å². The van der Waals surface area contributed by atoms with E-state index < -0.39 is 0 Å². The molecule has 3 rings (SSSR count). The summed E-state index contributed by atoms with van der Waals surface area (Å²) in [4.78, 5) is 37.8. The van der Waals surface area contributed by atoms with Crippen LogP contribution in [0, 0.1) is 0 Å². The largest absolute Gasteiger partial charge is 0.326 e. The quantitative estimate of drug-likeness (QED) is 0.759. The van der Waals surface area contributed by atoms with E-state index in [1.54, 1.807) is 43.3 Å². The molecule has 1 saturated heterocycles. The number of carbonyl (C=O) groups is 3. The Morgan fingerprint density at radius 1 is 1.00 bits per heavy atom. The van der Waals surface area contributed by atoms with Crippen LogP contribution >= 0.6 is 23.4 Å². The molecule has 0 aliphatic carbocycles. The van der Waals surface area contributed by atoms with E-state index in [4.69, 9.17) is 11.6 Å². The normalized spacial score (nSPS) is 16.0. The van der Waals surface area contributed by atoms with Crippen molar-refractivity contribution in [1.29, 1.82) is 0 Å². The lowest BCUT2D eigenvalue weighted by atomic mass is 10.1. The van der Waals surface area contributed by atoms with E-state index >= 15 is 0 Å². The maximum atomic E-state index is 12.8. The van der Waals surface area contributed by atoms with Crippen LogP contribution in [0.4, 0.5) is 16.2 Å². The fourth-order valence-electron chi connectivity index (χ4n) is 2.55. The van der Waals surface area contributed by atoms with Crippen LogP contribution in [0.3, 0.4) is 0 Å². The number of imide groups is 1. The number of halogens is 1. The lowest BCUT2D eigenvalue weighted by Gasteiger charge is -2.13.